The van der Waals surface area contributed by atoms with Crippen molar-refractivity contribution in [3.05, 3.63) is 59.9 Å². The quantitative estimate of drug-likeness (QED) is 0.497. The van der Waals surface area contributed by atoms with E-state index in [1.54, 1.807) is 36.7 Å². The molecule has 3 aromatic rings. The maximum absolute atomic E-state index is 12.4. The summed E-state index contributed by atoms with van der Waals surface area (Å²) in [5.41, 5.74) is 2.39. The molecule has 0 spiro atoms. The van der Waals surface area contributed by atoms with E-state index in [1.807, 2.05) is 0 Å². The van der Waals surface area contributed by atoms with Crippen LogP contribution in [0.5, 0.6) is 0 Å². The zero-order chi connectivity index (χ0) is 17.3. The number of hydrogen-bond donors (Lipinski definition) is 3. The van der Waals surface area contributed by atoms with Gasteiger partial charge in [-0.15, -0.1) is 0 Å². The molecule has 0 atom stereocenters. The molecule has 3 rings (SSSR count). The molecule has 124 valence electrons. The van der Waals surface area contributed by atoms with Crippen molar-refractivity contribution in [2.24, 2.45) is 0 Å². The number of carbonyl (C=O) groups excluding carboxylic acids is 1. The maximum atomic E-state index is 12.4. The van der Waals surface area contributed by atoms with Gasteiger partial charge in [0.25, 0.3) is 15.9 Å². The molecule has 0 saturated heterocycles. The van der Waals surface area contributed by atoms with E-state index in [-0.39, 0.29) is 16.1 Å². The zero-order valence-electron chi connectivity index (χ0n) is 12.6. The smallest absolute Gasteiger partial charge is 0.278 e. The largest absolute Gasteiger partial charge is 0.461 e. The number of carbonyl (C=O) groups is 1. The molecule has 8 heteroatoms. The van der Waals surface area contributed by atoms with Crippen LogP contribution in [0.25, 0.3) is 11.0 Å². The molecule has 1 aromatic heterocycles. The number of nitrogens with one attached hydrogen (secondary N) is 2. The molecule has 24 heavy (non-hydrogen) atoms. The van der Waals surface area contributed by atoms with Crippen molar-refractivity contribution >= 4 is 32.6 Å². The first-order valence-electron chi connectivity index (χ1n) is 6.98. The van der Waals surface area contributed by atoms with E-state index < -0.39 is 15.9 Å². The van der Waals surface area contributed by atoms with Crippen LogP contribution in [-0.4, -0.2) is 19.5 Å². The first-order valence-corrected chi connectivity index (χ1v) is 8.46. The monoisotopic (exact) mass is 346 g/mol. The Morgan fingerprint density at radius 1 is 1.12 bits per heavy atom. The number of amides is 1. The predicted octanol–water partition coefficient (Wildman–Crippen LogP) is 2.66. The van der Waals surface area contributed by atoms with Crippen molar-refractivity contribution in [1.82, 2.24) is 5.48 Å². The Morgan fingerprint density at radius 3 is 2.50 bits per heavy atom. The van der Waals surface area contributed by atoms with Gasteiger partial charge in [0.2, 0.25) is 0 Å². The molecule has 0 unspecified atom stereocenters. The number of rotatable bonds is 4. The number of anilines is 1. The maximum Gasteiger partial charge on any atom is 0.278 e. The van der Waals surface area contributed by atoms with Crippen molar-refractivity contribution in [3.63, 3.8) is 0 Å². The van der Waals surface area contributed by atoms with Crippen LogP contribution in [0.2, 0.25) is 0 Å². The molecule has 0 aliphatic heterocycles. The summed E-state index contributed by atoms with van der Waals surface area (Å²) in [6.07, 6.45) is 0. The Hall–Kier alpha value is -2.84. The van der Waals surface area contributed by atoms with Gasteiger partial charge in [-0.25, -0.2) is 13.9 Å². The minimum atomic E-state index is -3.74. The Labute approximate surface area is 137 Å². The lowest BCUT2D eigenvalue weighted by Gasteiger charge is -2.08. The summed E-state index contributed by atoms with van der Waals surface area (Å²) in [7, 11) is -3.74. The van der Waals surface area contributed by atoms with Gasteiger partial charge < -0.3 is 4.42 Å². The van der Waals surface area contributed by atoms with Crippen LogP contribution in [0.3, 0.4) is 0 Å². The number of benzene rings is 2. The fourth-order valence-corrected chi connectivity index (χ4v) is 3.51. The average Bonchev–Trinajstić information content (AvgIpc) is 2.90. The number of hydroxylamine groups is 1. The Morgan fingerprint density at radius 2 is 1.83 bits per heavy atom. The summed E-state index contributed by atoms with van der Waals surface area (Å²) < 4.78 is 32.6. The third-order valence-electron chi connectivity index (χ3n) is 3.50. The second kappa shape index (κ2) is 5.99. The molecule has 0 bridgehead atoms. The minimum Gasteiger partial charge on any atom is -0.461 e. The molecule has 0 aliphatic rings. The van der Waals surface area contributed by atoms with Crippen molar-refractivity contribution in [1.29, 1.82) is 0 Å². The van der Waals surface area contributed by atoms with Gasteiger partial charge >= 0.3 is 0 Å². The van der Waals surface area contributed by atoms with E-state index in [1.165, 1.54) is 24.3 Å². The van der Waals surface area contributed by atoms with Gasteiger partial charge in [-0.3, -0.25) is 14.7 Å². The molecular formula is C16H14N2O5S. The molecule has 7 nitrogen and oxygen atoms in total. The van der Waals surface area contributed by atoms with Gasteiger partial charge in [0.15, 0.2) is 0 Å². The number of furan rings is 1. The highest BCUT2D eigenvalue weighted by Gasteiger charge is 2.19. The molecule has 0 saturated carbocycles. The van der Waals surface area contributed by atoms with Gasteiger partial charge in [-0.1, -0.05) is 18.2 Å². The number of fused-ring (bicyclic) bond motifs is 1. The highest BCUT2D eigenvalue weighted by Crippen LogP contribution is 2.29. The minimum absolute atomic E-state index is 0.127. The van der Waals surface area contributed by atoms with E-state index in [4.69, 9.17) is 9.62 Å². The topological polar surface area (TPSA) is 109 Å². The molecule has 3 N–H and O–H groups in total. The fourth-order valence-electron chi connectivity index (χ4n) is 2.44. The molecular weight excluding hydrogens is 332 g/mol. The molecule has 1 amide bonds. The van der Waals surface area contributed by atoms with Gasteiger partial charge in [-0.2, -0.15) is 0 Å². The van der Waals surface area contributed by atoms with Crippen molar-refractivity contribution in [2.45, 2.75) is 11.8 Å². The standard InChI is InChI=1S/C16H14N2O5S/c1-10-15(16(19)17-20)13-9-11(7-8-14(13)23-10)18-24(21,22)12-5-3-2-4-6-12/h2-9,18,20H,1H3,(H,17,19). The summed E-state index contributed by atoms with van der Waals surface area (Å²) in [6.45, 7) is 1.58. The summed E-state index contributed by atoms with van der Waals surface area (Å²) in [5, 5.41) is 9.24. The first-order chi connectivity index (χ1) is 11.4. The summed E-state index contributed by atoms with van der Waals surface area (Å²) in [6, 6.07) is 12.5. The first kappa shape index (κ1) is 16.0. The normalized spacial score (nSPS) is 11.4. The number of sulfonamides is 1. The van der Waals surface area contributed by atoms with E-state index in [0.29, 0.717) is 16.7 Å². The van der Waals surface area contributed by atoms with Crippen molar-refractivity contribution in [2.75, 3.05) is 4.72 Å². The molecule has 1 heterocycles. The van der Waals surface area contributed by atoms with Gasteiger partial charge in [-0.05, 0) is 37.3 Å². The summed E-state index contributed by atoms with van der Waals surface area (Å²) >= 11 is 0. The van der Waals surface area contributed by atoms with E-state index in [0.717, 1.165) is 0 Å². The summed E-state index contributed by atoms with van der Waals surface area (Å²) in [4.78, 5) is 11.9. The molecule has 2 aromatic carbocycles. The zero-order valence-corrected chi connectivity index (χ0v) is 13.4. The van der Waals surface area contributed by atoms with Crippen LogP contribution >= 0.6 is 0 Å². The van der Waals surface area contributed by atoms with Crippen LogP contribution in [-0.2, 0) is 10.0 Å². The summed E-state index contributed by atoms with van der Waals surface area (Å²) in [5.74, 6) is -0.408. The highest BCUT2D eigenvalue weighted by atomic mass is 32.2. The second-order valence-electron chi connectivity index (χ2n) is 5.10. The van der Waals surface area contributed by atoms with Crippen LogP contribution in [0, 0.1) is 6.92 Å². The van der Waals surface area contributed by atoms with Crippen LogP contribution in [0.4, 0.5) is 5.69 Å². The second-order valence-corrected chi connectivity index (χ2v) is 6.79. The lowest BCUT2D eigenvalue weighted by Crippen LogP contribution is -2.19. The van der Waals surface area contributed by atoms with Gasteiger partial charge in [0, 0.05) is 11.1 Å². The Balaban J connectivity index is 2.04. The van der Waals surface area contributed by atoms with Crippen molar-refractivity contribution < 1.29 is 22.8 Å². The molecule has 0 aliphatic carbocycles. The lowest BCUT2D eigenvalue weighted by atomic mass is 10.1. The van der Waals surface area contributed by atoms with E-state index in [2.05, 4.69) is 4.72 Å². The SMILES string of the molecule is Cc1oc2ccc(NS(=O)(=O)c3ccccc3)cc2c1C(=O)NO. The Bertz CT molecular complexity index is 1010. The van der Waals surface area contributed by atoms with Crippen LogP contribution < -0.4 is 10.2 Å². The van der Waals surface area contributed by atoms with Crippen LogP contribution in [0.1, 0.15) is 16.1 Å². The van der Waals surface area contributed by atoms with Gasteiger partial charge in [0.1, 0.15) is 11.3 Å². The van der Waals surface area contributed by atoms with E-state index in [9.17, 15) is 13.2 Å². The molecule has 0 fully saturated rings. The number of hydrogen-bond acceptors (Lipinski definition) is 5. The average molecular weight is 346 g/mol. The third kappa shape index (κ3) is 2.84. The highest BCUT2D eigenvalue weighted by molar-refractivity contribution is 7.92. The third-order valence-corrected chi connectivity index (χ3v) is 4.90. The lowest BCUT2D eigenvalue weighted by molar-refractivity contribution is 0.0706. The van der Waals surface area contributed by atoms with Crippen molar-refractivity contribution in [3.8, 4) is 0 Å². The van der Waals surface area contributed by atoms with Gasteiger partial charge in [0.05, 0.1) is 10.5 Å². The predicted molar refractivity (Wildman–Crippen MR) is 87.5 cm³/mol. The fraction of sp³-hybridized carbons (Fsp3) is 0.0625. The van der Waals surface area contributed by atoms with E-state index >= 15 is 0 Å². The number of aryl methyl sites for hydroxylation is 1. The Kier molecular flexibility index (Phi) is 4.00. The van der Waals surface area contributed by atoms with Crippen LogP contribution in [0.15, 0.2) is 57.8 Å². The molecule has 0 radical (unpaired) electrons.